The van der Waals surface area contributed by atoms with Gasteiger partial charge in [-0.2, -0.15) is 0 Å². The van der Waals surface area contributed by atoms with Crippen molar-refractivity contribution in [2.24, 2.45) is 0 Å². The molecule has 3 aromatic rings. The molecule has 1 fully saturated rings. The smallest absolute Gasteiger partial charge is 0.271 e. The van der Waals surface area contributed by atoms with Gasteiger partial charge in [0.05, 0.1) is 29.2 Å². The number of carbonyl (C=O) groups is 2. The molecule has 0 saturated carbocycles. The predicted octanol–water partition coefficient (Wildman–Crippen LogP) is 2.97. The van der Waals surface area contributed by atoms with Gasteiger partial charge in [0.2, 0.25) is 0 Å². The van der Waals surface area contributed by atoms with Crippen LogP contribution in [0.5, 0.6) is 0 Å². The van der Waals surface area contributed by atoms with Crippen LogP contribution in [0.4, 0.5) is 0 Å². The van der Waals surface area contributed by atoms with E-state index in [1.165, 1.54) is 11.3 Å². The van der Waals surface area contributed by atoms with E-state index in [9.17, 15) is 9.59 Å². The molecule has 0 spiro atoms. The molecule has 3 aromatic heterocycles. The largest absolute Gasteiger partial charge is 0.337 e. The van der Waals surface area contributed by atoms with Crippen LogP contribution < -0.4 is 0 Å². The zero-order valence-electron chi connectivity index (χ0n) is 15.5. The van der Waals surface area contributed by atoms with Crippen LogP contribution in [0, 0.1) is 6.92 Å². The number of amides is 2. The molecule has 0 N–H and O–H groups in total. The lowest BCUT2D eigenvalue weighted by Gasteiger charge is -2.37. The molecule has 0 bridgehead atoms. The summed E-state index contributed by atoms with van der Waals surface area (Å²) in [5.74, 6) is 0.0550. The van der Waals surface area contributed by atoms with E-state index in [1.807, 2.05) is 69.3 Å². The molecule has 6 nitrogen and oxygen atoms in total. The Bertz CT molecular complexity index is 1040. The highest BCUT2D eigenvalue weighted by Gasteiger charge is 2.46. The quantitative estimate of drug-likeness (QED) is 0.689. The molecule has 142 valence electrons. The van der Waals surface area contributed by atoms with Gasteiger partial charge >= 0.3 is 0 Å². The second-order valence-corrected chi connectivity index (χ2v) is 8.25. The number of rotatable bonds is 3. The van der Waals surface area contributed by atoms with Crippen LogP contribution >= 0.6 is 11.3 Å². The normalized spacial score (nSPS) is 21.0. The van der Waals surface area contributed by atoms with E-state index in [0.29, 0.717) is 25.3 Å². The fraction of sp³-hybridized carbons (Fsp3) is 0.286. The molecule has 0 unspecified atom stereocenters. The van der Waals surface area contributed by atoms with Gasteiger partial charge < -0.3 is 14.4 Å². The van der Waals surface area contributed by atoms with Crippen molar-refractivity contribution in [2.45, 2.75) is 25.6 Å². The van der Waals surface area contributed by atoms with Crippen molar-refractivity contribution < 1.29 is 9.59 Å². The zero-order valence-corrected chi connectivity index (χ0v) is 16.3. The number of likely N-dealkylation sites (tertiary alicyclic amines) is 1. The van der Waals surface area contributed by atoms with E-state index in [-0.39, 0.29) is 23.9 Å². The van der Waals surface area contributed by atoms with Gasteiger partial charge in [0.15, 0.2) is 0 Å². The number of pyridine rings is 1. The Hall–Kier alpha value is -2.93. The summed E-state index contributed by atoms with van der Waals surface area (Å²) in [6.07, 6.45) is 3.70. The molecule has 2 amide bonds. The minimum Gasteiger partial charge on any atom is -0.337 e. The number of fused-ring (bicyclic) bond motifs is 3. The van der Waals surface area contributed by atoms with Gasteiger partial charge in [0, 0.05) is 25.5 Å². The maximum Gasteiger partial charge on any atom is 0.271 e. The zero-order chi connectivity index (χ0) is 19.3. The average molecular weight is 392 g/mol. The molecular formula is C21H20N4O2S. The number of thiophene rings is 1. The number of aromatic nitrogens is 2. The molecule has 1 saturated heterocycles. The second kappa shape index (κ2) is 6.60. The van der Waals surface area contributed by atoms with Crippen molar-refractivity contribution >= 4 is 23.2 Å². The van der Waals surface area contributed by atoms with Gasteiger partial charge in [-0.3, -0.25) is 14.6 Å². The van der Waals surface area contributed by atoms with E-state index in [4.69, 9.17) is 0 Å². The standard InChI is InChI=1S/C21H20N4O2S/c1-14-7-10-28-19(14)21(27)23-12-17-18(13-23)25(11-15-5-2-3-8-22-15)20(26)16-6-4-9-24(16)17/h2-10,17-18H,11-13H2,1H3/t17-,18+/m0/s1. The third-order valence-electron chi connectivity index (χ3n) is 5.68. The Morgan fingerprint density at radius 3 is 2.79 bits per heavy atom. The lowest BCUT2D eigenvalue weighted by Crippen LogP contribution is -2.50. The van der Waals surface area contributed by atoms with Crippen molar-refractivity contribution in [3.63, 3.8) is 0 Å². The highest BCUT2D eigenvalue weighted by Crippen LogP contribution is 2.35. The third kappa shape index (κ3) is 2.65. The van der Waals surface area contributed by atoms with Crippen molar-refractivity contribution in [3.05, 3.63) is 76.0 Å². The van der Waals surface area contributed by atoms with Crippen LogP contribution in [0.2, 0.25) is 0 Å². The van der Waals surface area contributed by atoms with Crippen LogP contribution in [0.3, 0.4) is 0 Å². The number of carbonyl (C=O) groups excluding carboxylic acids is 2. The minimum atomic E-state index is -0.0568. The first-order chi connectivity index (χ1) is 13.6. The fourth-order valence-electron chi connectivity index (χ4n) is 4.27. The summed E-state index contributed by atoms with van der Waals surface area (Å²) < 4.78 is 2.04. The topological polar surface area (TPSA) is 58.4 Å². The number of hydrogen-bond donors (Lipinski definition) is 0. The van der Waals surface area contributed by atoms with Gasteiger partial charge in [-0.05, 0) is 48.2 Å². The first-order valence-corrected chi connectivity index (χ1v) is 10.2. The Labute approximate surface area is 167 Å². The Morgan fingerprint density at radius 2 is 2.04 bits per heavy atom. The first-order valence-electron chi connectivity index (χ1n) is 9.34. The summed E-state index contributed by atoms with van der Waals surface area (Å²) in [6, 6.07) is 11.5. The lowest BCUT2D eigenvalue weighted by atomic mass is 10.1. The molecule has 2 aliphatic rings. The van der Waals surface area contributed by atoms with E-state index in [1.54, 1.807) is 6.20 Å². The molecule has 2 aliphatic heterocycles. The molecule has 0 aromatic carbocycles. The minimum absolute atomic E-state index is 0.00138. The van der Waals surface area contributed by atoms with Gasteiger partial charge in [-0.1, -0.05) is 6.07 Å². The molecule has 0 aliphatic carbocycles. The lowest BCUT2D eigenvalue weighted by molar-refractivity contribution is 0.0547. The SMILES string of the molecule is Cc1ccsc1C(=O)N1C[C@@H]2[C@H](C1)n1cccc1C(=O)N2Cc1ccccn1. The molecule has 0 radical (unpaired) electrons. The van der Waals surface area contributed by atoms with Crippen molar-refractivity contribution in [3.8, 4) is 0 Å². The summed E-state index contributed by atoms with van der Waals surface area (Å²) in [6.45, 7) is 3.56. The van der Waals surface area contributed by atoms with Crippen LogP contribution in [0.1, 0.15) is 37.5 Å². The Morgan fingerprint density at radius 1 is 1.18 bits per heavy atom. The van der Waals surface area contributed by atoms with Crippen LogP contribution in [-0.4, -0.2) is 50.3 Å². The molecule has 7 heteroatoms. The van der Waals surface area contributed by atoms with Crippen molar-refractivity contribution in [2.75, 3.05) is 13.1 Å². The Kier molecular flexibility index (Phi) is 4.05. The summed E-state index contributed by atoms with van der Waals surface area (Å²) in [7, 11) is 0. The van der Waals surface area contributed by atoms with Gasteiger partial charge in [-0.25, -0.2) is 0 Å². The maximum absolute atomic E-state index is 13.2. The molecule has 2 atom stereocenters. The van der Waals surface area contributed by atoms with Gasteiger partial charge in [0.25, 0.3) is 11.8 Å². The predicted molar refractivity (Wildman–Crippen MR) is 106 cm³/mol. The molecular weight excluding hydrogens is 372 g/mol. The summed E-state index contributed by atoms with van der Waals surface area (Å²) in [5.41, 5.74) is 2.54. The average Bonchev–Trinajstić information content (AvgIpc) is 3.44. The summed E-state index contributed by atoms with van der Waals surface area (Å²) in [4.78, 5) is 35.2. The van der Waals surface area contributed by atoms with E-state index in [0.717, 1.165) is 16.1 Å². The fourth-order valence-corrected chi connectivity index (χ4v) is 5.16. The van der Waals surface area contributed by atoms with E-state index >= 15 is 0 Å². The molecule has 28 heavy (non-hydrogen) atoms. The van der Waals surface area contributed by atoms with E-state index in [2.05, 4.69) is 4.98 Å². The van der Waals surface area contributed by atoms with Crippen LogP contribution in [0.15, 0.2) is 54.2 Å². The number of nitrogens with zero attached hydrogens (tertiary/aromatic N) is 4. The van der Waals surface area contributed by atoms with Crippen LogP contribution in [0.25, 0.3) is 0 Å². The molecule has 5 heterocycles. The monoisotopic (exact) mass is 392 g/mol. The van der Waals surface area contributed by atoms with Crippen LogP contribution in [-0.2, 0) is 6.54 Å². The summed E-state index contributed by atoms with van der Waals surface area (Å²) in [5, 5.41) is 1.95. The van der Waals surface area contributed by atoms with Gasteiger partial charge in [-0.15, -0.1) is 11.3 Å². The Balaban J connectivity index is 1.48. The van der Waals surface area contributed by atoms with Crippen molar-refractivity contribution in [1.82, 2.24) is 19.4 Å². The first kappa shape index (κ1) is 17.2. The maximum atomic E-state index is 13.2. The van der Waals surface area contributed by atoms with Gasteiger partial charge in [0.1, 0.15) is 5.69 Å². The number of aryl methyl sites for hydroxylation is 1. The third-order valence-corrected chi connectivity index (χ3v) is 6.68. The summed E-state index contributed by atoms with van der Waals surface area (Å²) >= 11 is 1.48. The number of hydrogen-bond acceptors (Lipinski definition) is 4. The van der Waals surface area contributed by atoms with Crippen molar-refractivity contribution in [1.29, 1.82) is 0 Å². The van der Waals surface area contributed by atoms with E-state index < -0.39 is 0 Å². The second-order valence-electron chi connectivity index (χ2n) is 7.33. The highest BCUT2D eigenvalue weighted by molar-refractivity contribution is 7.12. The molecule has 5 rings (SSSR count). The highest BCUT2D eigenvalue weighted by atomic mass is 32.1.